The first kappa shape index (κ1) is 19.1. The van der Waals surface area contributed by atoms with Crippen molar-refractivity contribution in [3.63, 3.8) is 0 Å². The van der Waals surface area contributed by atoms with Gasteiger partial charge >= 0.3 is 5.69 Å². The number of nitro groups is 1. The van der Waals surface area contributed by atoms with E-state index in [9.17, 15) is 20.0 Å². The zero-order valence-corrected chi connectivity index (χ0v) is 15.0. The lowest BCUT2D eigenvalue weighted by Gasteiger charge is -2.28. The molecule has 0 atom stereocenters. The number of hydrogen-bond donors (Lipinski definition) is 2. The Kier molecular flexibility index (Phi) is 5.37. The Balaban J connectivity index is 2.02. The first-order chi connectivity index (χ1) is 13.5. The molecule has 0 aliphatic heterocycles. The number of anilines is 1. The lowest BCUT2D eigenvalue weighted by atomic mass is 9.85. The molecule has 0 spiro atoms. The number of aliphatic hydroxyl groups is 1. The van der Waals surface area contributed by atoms with Gasteiger partial charge in [0.15, 0.2) is 11.4 Å². The average molecular weight is 378 g/mol. The second kappa shape index (κ2) is 7.89. The Morgan fingerprint density at radius 2 is 1.54 bits per heavy atom. The Labute approximate surface area is 161 Å². The maximum Gasteiger partial charge on any atom is 0.312 e. The first-order valence-electron chi connectivity index (χ1n) is 8.44. The SMILES string of the molecule is COc1ccc(NC(=O)C(O)(c2ccccc2)c2ccccc2)cc1[N+](=O)[O-]. The van der Waals surface area contributed by atoms with Gasteiger partial charge in [-0.1, -0.05) is 60.7 Å². The molecule has 3 rings (SSSR count). The molecule has 0 heterocycles. The largest absolute Gasteiger partial charge is 0.490 e. The number of ether oxygens (including phenoxy) is 1. The average Bonchev–Trinajstić information content (AvgIpc) is 2.74. The van der Waals surface area contributed by atoms with E-state index in [-0.39, 0.29) is 17.1 Å². The van der Waals surface area contributed by atoms with Crippen molar-refractivity contribution in [2.45, 2.75) is 5.60 Å². The van der Waals surface area contributed by atoms with E-state index in [4.69, 9.17) is 4.74 Å². The lowest BCUT2D eigenvalue weighted by Crippen LogP contribution is -2.41. The summed E-state index contributed by atoms with van der Waals surface area (Å²) in [7, 11) is 1.32. The maximum atomic E-state index is 13.1. The number of benzene rings is 3. The summed E-state index contributed by atoms with van der Waals surface area (Å²) in [5, 5.41) is 25.2. The van der Waals surface area contributed by atoms with Crippen molar-refractivity contribution in [3.8, 4) is 5.75 Å². The van der Waals surface area contributed by atoms with Crippen LogP contribution in [0.25, 0.3) is 0 Å². The predicted octanol–water partition coefficient (Wildman–Crippen LogP) is 3.48. The fourth-order valence-corrected chi connectivity index (χ4v) is 2.92. The van der Waals surface area contributed by atoms with E-state index in [0.29, 0.717) is 11.1 Å². The molecule has 0 bridgehead atoms. The van der Waals surface area contributed by atoms with Crippen LogP contribution in [0.15, 0.2) is 78.9 Å². The molecule has 0 aliphatic rings. The number of carbonyl (C=O) groups excluding carboxylic acids is 1. The van der Waals surface area contributed by atoms with E-state index >= 15 is 0 Å². The van der Waals surface area contributed by atoms with E-state index < -0.39 is 16.4 Å². The Morgan fingerprint density at radius 1 is 1.00 bits per heavy atom. The number of hydrogen-bond acceptors (Lipinski definition) is 5. The first-order valence-corrected chi connectivity index (χ1v) is 8.44. The zero-order chi connectivity index (χ0) is 20.1. The summed E-state index contributed by atoms with van der Waals surface area (Å²) in [6, 6.07) is 21.0. The van der Waals surface area contributed by atoms with Gasteiger partial charge in [-0.2, -0.15) is 0 Å². The van der Waals surface area contributed by atoms with Gasteiger partial charge in [-0.3, -0.25) is 14.9 Å². The van der Waals surface area contributed by atoms with Gasteiger partial charge in [0, 0.05) is 11.8 Å². The summed E-state index contributed by atoms with van der Waals surface area (Å²) < 4.78 is 4.97. The number of nitro benzene ring substituents is 1. The van der Waals surface area contributed by atoms with Crippen molar-refractivity contribution in [2.24, 2.45) is 0 Å². The molecule has 3 aromatic carbocycles. The highest BCUT2D eigenvalue weighted by Gasteiger charge is 2.40. The molecule has 7 heteroatoms. The molecule has 0 unspecified atom stereocenters. The van der Waals surface area contributed by atoms with Crippen molar-refractivity contribution >= 4 is 17.3 Å². The maximum absolute atomic E-state index is 13.1. The standard InChI is InChI=1S/C21H18N2O5/c1-28-19-13-12-17(14-18(19)23(26)27)22-20(24)21(25,15-8-4-2-5-9-15)16-10-6-3-7-11-16/h2-14,25H,1H3,(H,22,24). The van der Waals surface area contributed by atoms with Crippen LogP contribution in [0.4, 0.5) is 11.4 Å². The predicted molar refractivity (Wildman–Crippen MR) is 104 cm³/mol. The molecule has 0 aliphatic carbocycles. The molecule has 0 fully saturated rings. The normalized spacial score (nSPS) is 10.9. The molecular formula is C21H18N2O5. The highest BCUT2D eigenvalue weighted by atomic mass is 16.6. The van der Waals surface area contributed by atoms with Crippen molar-refractivity contribution in [1.82, 2.24) is 0 Å². The number of rotatable bonds is 6. The third-order valence-electron chi connectivity index (χ3n) is 4.35. The number of nitrogens with zero attached hydrogens (tertiary/aromatic N) is 1. The van der Waals surface area contributed by atoms with E-state index in [1.165, 1.54) is 25.3 Å². The van der Waals surface area contributed by atoms with E-state index in [2.05, 4.69) is 5.32 Å². The number of carbonyl (C=O) groups is 1. The van der Waals surface area contributed by atoms with Crippen molar-refractivity contribution in [1.29, 1.82) is 0 Å². The molecule has 0 radical (unpaired) electrons. The fraction of sp³-hybridized carbons (Fsp3) is 0.0952. The van der Waals surface area contributed by atoms with Crippen LogP contribution in [0.1, 0.15) is 11.1 Å². The summed E-state index contributed by atoms with van der Waals surface area (Å²) in [6.07, 6.45) is 0. The van der Waals surface area contributed by atoms with Gasteiger partial charge in [0.25, 0.3) is 5.91 Å². The van der Waals surface area contributed by atoms with Crippen LogP contribution in [-0.4, -0.2) is 23.0 Å². The molecular weight excluding hydrogens is 360 g/mol. The van der Waals surface area contributed by atoms with Crippen molar-refractivity contribution in [3.05, 3.63) is 100 Å². The highest BCUT2D eigenvalue weighted by Crippen LogP contribution is 2.33. The summed E-state index contributed by atoms with van der Waals surface area (Å²) in [4.78, 5) is 23.7. The molecule has 2 N–H and O–H groups in total. The summed E-state index contributed by atoms with van der Waals surface area (Å²) in [5.74, 6) is -0.659. The smallest absolute Gasteiger partial charge is 0.312 e. The lowest BCUT2D eigenvalue weighted by molar-refractivity contribution is -0.385. The van der Waals surface area contributed by atoms with Gasteiger partial charge in [0.1, 0.15) is 0 Å². The summed E-state index contributed by atoms with van der Waals surface area (Å²) >= 11 is 0. The van der Waals surface area contributed by atoms with Gasteiger partial charge < -0.3 is 15.2 Å². The van der Waals surface area contributed by atoms with E-state index in [1.54, 1.807) is 60.7 Å². The van der Waals surface area contributed by atoms with Gasteiger partial charge in [0.05, 0.1) is 12.0 Å². The topological polar surface area (TPSA) is 102 Å². The highest BCUT2D eigenvalue weighted by molar-refractivity contribution is 6.00. The number of nitrogens with one attached hydrogen (secondary N) is 1. The monoisotopic (exact) mass is 378 g/mol. The number of methoxy groups -OCH3 is 1. The van der Waals surface area contributed by atoms with Gasteiger partial charge in [-0.25, -0.2) is 0 Å². The van der Waals surface area contributed by atoms with Crippen LogP contribution in [-0.2, 0) is 10.4 Å². The molecule has 7 nitrogen and oxygen atoms in total. The van der Waals surface area contributed by atoms with Gasteiger partial charge in [-0.15, -0.1) is 0 Å². The van der Waals surface area contributed by atoms with Crippen LogP contribution in [0.3, 0.4) is 0 Å². The Hall–Kier alpha value is -3.71. The quantitative estimate of drug-likeness (QED) is 0.505. The molecule has 1 amide bonds. The minimum Gasteiger partial charge on any atom is -0.490 e. The third kappa shape index (κ3) is 3.56. The van der Waals surface area contributed by atoms with E-state index in [0.717, 1.165) is 0 Å². The molecule has 142 valence electrons. The van der Waals surface area contributed by atoms with Crippen LogP contribution in [0.5, 0.6) is 5.75 Å². The number of amides is 1. The molecule has 28 heavy (non-hydrogen) atoms. The molecule has 0 aromatic heterocycles. The van der Waals surface area contributed by atoms with Crippen LogP contribution >= 0.6 is 0 Å². The zero-order valence-electron chi connectivity index (χ0n) is 15.0. The van der Waals surface area contributed by atoms with E-state index in [1.807, 2.05) is 0 Å². The summed E-state index contributed by atoms with van der Waals surface area (Å²) in [5.41, 5.74) is -1.34. The third-order valence-corrected chi connectivity index (χ3v) is 4.35. The second-order valence-electron chi connectivity index (χ2n) is 6.04. The minimum atomic E-state index is -1.97. The van der Waals surface area contributed by atoms with Crippen LogP contribution in [0, 0.1) is 10.1 Å². The Morgan fingerprint density at radius 3 is 2.00 bits per heavy atom. The van der Waals surface area contributed by atoms with Crippen LogP contribution < -0.4 is 10.1 Å². The Bertz CT molecular complexity index is 951. The van der Waals surface area contributed by atoms with Crippen molar-refractivity contribution < 1.29 is 19.6 Å². The van der Waals surface area contributed by atoms with Crippen molar-refractivity contribution in [2.75, 3.05) is 12.4 Å². The fourth-order valence-electron chi connectivity index (χ4n) is 2.92. The summed E-state index contributed by atoms with van der Waals surface area (Å²) in [6.45, 7) is 0. The molecule has 0 saturated carbocycles. The molecule has 0 saturated heterocycles. The minimum absolute atomic E-state index is 0.0735. The van der Waals surface area contributed by atoms with Gasteiger partial charge in [-0.05, 0) is 23.3 Å². The van der Waals surface area contributed by atoms with Gasteiger partial charge in [0.2, 0.25) is 0 Å². The second-order valence-corrected chi connectivity index (χ2v) is 6.04. The van der Waals surface area contributed by atoms with Crippen LogP contribution in [0.2, 0.25) is 0 Å². The molecule has 3 aromatic rings.